The normalized spacial score (nSPS) is 23.4. The molecule has 1 aromatic heterocycles. The Balaban J connectivity index is 1.36. The number of rotatable bonds is 4. The van der Waals surface area contributed by atoms with Gasteiger partial charge in [0.05, 0.1) is 5.25 Å². The zero-order valence-electron chi connectivity index (χ0n) is 13.4. The molecule has 0 unspecified atom stereocenters. The first-order chi connectivity index (χ1) is 11.4. The van der Waals surface area contributed by atoms with Gasteiger partial charge in [0.1, 0.15) is 6.54 Å². The number of hydrogen-bond acceptors (Lipinski definition) is 4. The van der Waals surface area contributed by atoms with Crippen LogP contribution in [0.3, 0.4) is 0 Å². The fourth-order valence-corrected chi connectivity index (χ4v) is 5.68. The molecule has 0 radical (unpaired) electrons. The SMILES string of the molecule is O=C(Cn1ccccc1=O)N1CC2(CCN(S(=O)(=O)C3CC3)C2)C1. The van der Waals surface area contributed by atoms with E-state index in [1.807, 2.05) is 0 Å². The van der Waals surface area contributed by atoms with E-state index >= 15 is 0 Å². The van der Waals surface area contributed by atoms with E-state index in [4.69, 9.17) is 0 Å². The predicted molar refractivity (Wildman–Crippen MR) is 87.8 cm³/mol. The number of carbonyl (C=O) groups is 1. The Bertz CT molecular complexity index is 822. The molecule has 1 spiro atoms. The predicted octanol–water partition coefficient (Wildman–Crippen LogP) is -0.125. The van der Waals surface area contributed by atoms with Crippen molar-refractivity contribution in [3.05, 3.63) is 34.7 Å². The van der Waals surface area contributed by atoms with Crippen LogP contribution < -0.4 is 5.56 Å². The van der Waals surface area contributed by atoms with Crippen LogP contribution >= 0.6 is 0 Å². The molecule has 2 aliphatic heterocycles. The molecule has 1 aliphatic carbocycles. The summed E-state index contributed by atoms with van der Waals surface area (Å²) in [6.07, 6.45) is 3.98. The summed E-state index contributed by atoms with van der Waals surface area (Å²) in [5.74, 6) is -0.0857. The van der Waals surface area contributed by atoms with Gasteiger partial charge in [-0.1, -0.05) is 6.07 Å². The lowest BCUT2D eigenvalue weighted by atomic mass is 9.79. The molecule has 0 bridgehead atoms. The molecule has 1 aromatic rings. The summed E-state index contributed by atoms with van der Waals surface area (Å²) >= 11 is 0. The van der Waals surface area contributed by atoms with E-state index in [0.717, 1.165) is 19.3 Å². The second-order valence-corrected chi connectivity index (χ2v) is 9.46. The maximum atomic E-state index is 12.3. The van der Waals surface area contributed by atoms with E-state index in [1.165, 1.54) is 10.6 Å². The Morgan fingerprint density at radius 3 is 2.62 bits per heavy atom. The summed E-state index contributed by atoms with van der Waals surface area (Å²) in [6.45, 7) is 2.31. The van der Waals surface area contributed by atoms with Crippen LogP contribution in [0.25, 0.3) is 0 Å². The van der Waals surface area contributed by atoms with E-state index < -0.39 is 10.0 Å². The number of aromatic nitrogens is 1. The molecule has 3 heterocycles. The Labute approximate surface area is 140 Å². The van der Waals surface area contributed by atoms with Crippen LogP contribution in [0.4, 0.5) is 0 Å². The van der Waals surface area contributed by atoms with Crippen LogP contribution in [0.15, 0.2) is 29.2 Å². The van der Waals surface area contributed by atoms with Gasteiger partial charge in [-0.05, 0) is 25.3 Å². The van der Waals surface area contributed by atoms with Crippen LogP contribution in [0.5, 0.6) is 0 Å². The average Bonchev–Trinajstić information content (AvgIpc) is 3.27. The standard InChI is InChI=1S/C16H21N3O4S/c20-14-3-1-2-7-17(14)9-15(21)18-10-16(11-18)6-8-19(12-16)24(22,23)13-4-5-13/h1-3,7,13H,4-6,8-12H2. The zero-order chi connectivity index (χ0) is 16.9. The molecule has 3 aliphatic rings. The third-order valence-corrected chi connectivity index (χ3v) is 7.66. The highest BCUT2D eigenvalue weighted by Gasteiger charge is 2.53. The van der Waals surface area contributed by atoms with Crippen molar-refractivity contribution in [2.75, 3.05) is 26.2 Å². The van der Waals surface area contributed by atoms with E-state index in [1.54, 1.807) is 27.5 Å². The fraction of sp³-hybridized carbons (Fsp3) is 0.625. The van der Waals surface area contributed by atoms with Gasteiger partial charge in [-0.2, -0.15) is 0 Å². The van der Waals surface area contributed by atoms with Gasteiger partial charge in [-0.15, -0.1) is 0 Å². The van der Waals surface area contributed by atoms with Gasteiger partial charge in [0.2, 0.25) is 15.9 Å². The number of amides is 1. The fourth-order valence-electron chi connectivity index (χ4n) is 3.72. The third kappa shape index (κ3) is 2.67. The summed E-state index contributed by atoms with van der Waals surface area (Å²) in [7, 11) is -3.12. The Morgan fingerprint density at radius 2 is 1.96 bits per heavy atom. The Hall–Kier alpha value is -1.67. The summed E-state index contributed by atoms with van der Waals surface area (Å²) in [6, 6.07) is 4.81. The van der Waals surface area contributed by atoms with Crippen molar-refractivity contribution in [2.24, 2.45) is 5.41 Å². The minimum atomic E-state index is -3.12. The van der Waals surface area contributed by atoms with Gasteiger partial charge in [0.15, 0.2) is 0 Å². The number of pyridine rings is 1. The number of likely N-dealkylation sites (tertiary alicyclic amines) is 1. The molecule has 1 saturated carbocycles. The first-order valence-corrected chi connectivity index (χ1v) is 9.82. The van der Waals surface area contributed by atoms with Crippen LogP contribution in [-0.2, 0) is 21.4 Å². The minimum Gasteiger partial charge on any atom is -0.340 e. The van der Waals surface area contributed by atoms with Crippen molar-refractivity contribution in [1.82, 2.24) is 13.8 Å². The first kappa shape index (κ1) is 15.8. The topological polar surface area (TPSA) is 79.7 Å². The highest BCUT2D eigenvalue weighted by atomic mass is 32.2. The van der Waals surface area contributed by atoms with Crippen LogP contribution in [-0.4, -0.2) is 59.5 Å². The Kier molecular flexibility index (Phi) is 3.58. The van der Waals surface area contributed by atoms with Gasteiger partial charge in [-0.25, -0.2) is 12.7 Å². The number of nitrogens with zero attached hydrogens (tertiary/aromatic N) is 3. The quantitative estimate of drug-likeness (QED) is 0.757. The van der Waals surface area contributed by atoms with Gasteiger partial charge in [-0.3, -0.25) is 9.59 Å². The van der Waals surface area contributed by atoms with Crippen molar-refractivity contribution >= 4 is 15.9 Å². The van der Waals surface area contributed by atoms with E-state index in [9.17, 15) is 18.0 Å². The van der Waals surface area contributed by atoms with Gasteiger partial charge < -0.3 is 9.47 Å². The maximum absolute atomic E-state index is 12.3. The molecule has 130 valence electrons. The lowest BCUT2D eigenvalue weighted by Crippen LogP contribution is -2.60. The highest BCUT2D eigenvalue weighted by molar-refractivity contribution is 7.90. The van der Waals surface area contributed by atoms with Gasteiger partial charge >= 0.3 is 0 Å². The molecule has 3 fully saturated rings. The second-order valence-electron chi connectivity index (χ2n) is 7.24. The van der Waals surface area contributed by atoms with E-state index in [-0.39, 0.29) is 28.7 Å². The van der Waals surface area contributed by atoms with Crippen molar-refractivity contribution in [2.45, 2.75) is 31.1 Å². The average molecular weight is 351 g/mol. The summed E-state index contributed by atoms with van der Waals surface area (Å²) < 4.78 is 27.7. The summed E-state index contributed by atoms with van der Waals surface area (Å²) in [4.78, 5) is 25.7. The van der Waals surface area contributed by atoms with Crippen molar-refractivity contribution in [1.29, 1.82) is 0 Å². The lowest BCUT2D eigenvalue weighted by molar-refractivity contribution is -0.143. The number of hydrogen-bond donors (Lipinski definition) is 0. The third-order valence-electron chi connectivity index (χ3n) is 5.32. The largest absolute Gasteiger partial charge is 0.340 e. The molecular weight excluding hydrogens is 330 g/mol. The van der Waals surface area contributed by atoms with Crippen molar-refractivity contribution in [3.8, 4) is 0 Å². The molecule has 24 heavy (non-hydrogen) atoms. The molecule has 0 aromatic carbocycles. The lowest BCUT2D eigenvalue weighted by Gasteiger charge is -2.48. The molecule has 0 N–H and O–H groups in total. The molecule has 2 saturated heterocycles. The van der Waals surface area contributed by atoms with Crippen LogP contribution in [0.2, 0.25) is 0 Å². The van der Waals surface area contributed by atoms with Crippen molar-refractivity contribution < 1.29 is 13.2 Å². The van der Waals surface area contributed by atoms with E-state index in [2.05, 4.69) is 0 Å². The van der Waals surface area contributed by atoms with E-state index in [0.29, 0.717) is 26.2 Å². The van der Waals surface area contributed by atoms with Crippen LogP contribution in [0, 0.1) is 5.41 Å². The van der Waals surface area contributed by atoms with Crippen molar-refractivity contribution in [3.63, 3.8) is 0 Å². The highest BCUT2D eigenvalue weighted by Crippen LogP contribution is 2.43. The number of carbonyl (C=O) groups excluding carboxylic acids is 1. The molecule has 1 amide bonds. The zero-order valence-corrected chi connectivity index (χ0v) is 14.2. The Morgan fingerprint density at radius 1 is 1.21 bits per heavy atom. The molecule has 8 heteroatoms. The molecule has 7 nitrogen and oxygen atoms in total. The molecule has 4 rings (SSSR count). The smallest absolute Gasteiger partial charge is 0.250 e. The first-order valence-electron chi connectivity index (χ1n) is 8.32. The monoisotopic (exact) mass is 351 g/mol. The number of sulfonamides is 1. The maximum Gasteiger partial charge on any atom is 0.250 e. The summed E-state index contributed by atoms with van der Waals surface area (Å²) in [5, 5.41) is -0.171. The van der Waals surface area contributed by atoms with Gasteiger partial charge in [0, 0.05) is 43.9 Å². The second kappa shape index (κ2) is 5.42. The molecule has 0 atom stereocenters. The van der Waals surface area contributed by atoms with Gasteiger partial charge in [0.25, 0.3) is 5.56 Å². The summed E-state index contributed by atoms with van der Waals surface area (Å²) in [5.41, 5.74) is -0.275. The molecular formula is C16H21N3O4S. The minimum absolute atomic E-state index is 0.0415. The van der Waals surface area contributed by atoms with Crippen LogP contribution in [0.1, 0.15) is 19.3 Å².